The van der Waals surface area contributed by atoms with E-state index in [4.69, 9.17) is 0 Å². The van der Waals surface area contributed by atoms with Crippen molar-refractivity contribution in [2.24, 2.45) is 0 Å². The summed E-state index contributed by atoms with van der Waals surface area (Å²) in [4.78, 5) is 14.2. The minimum Gasteiger partial charge on any atom is -0.325 e. The van der Waals surface area contributed by atoms with Crippen LogP contribution in [0.2, 0.25) is 0 Å². The van der Waals surface area contributed by atoms with Crippen molar-refractivity contribution in [2.45, 2.75) is 38.6 Å². The van der Waals surface area contributed by atoms with Gasteiger partial charge >= 0.3 is 6.03 Å². The van der Waals surface area contributed by atoms with Gasteiger partial charge < -0.3 is 15.5 Å². The van der Waals surface area contributed by atoms with Crippen molar-refractivity contribution in [3.05, 3.63) is 29.3 Å². The second-order valence-electron chi connectivity index (χ2n) is 5.74. The number of hydrogen-bond acceptors (Lipinski definition) is 2. The van der Waals surface area contributed by atoms with Gasteiger partial charge in [-0.2, -0.15) is 0 Å². The third-order valence-corrected chi connectivity index (χ3v) is 4.24. The Bertz CT molecular complexity index is 479. The van der Waals surface area contributed by atoms with Crippen molar-refractivity contribution >= 4 is 11.7 Å². The average Bonchev–Trinajstić information content (AvgIpc) is 2.76. The summed E-state index contributed by atoms with van der Waals surface area (Å²) < 4.78 is 0. The molecule has 0 atom stereocenters. The van der Waals surface area contributed by atoms with Crippen LogP contribution >= 0.6 is 0 Å². The first-order valence-electron chi connectivity index (χ1n) is 7.71. The number of urea groups is 1. The molecule has 2 amide bonds. The van der Waals surface area contributed by atoms with Gasteiger partial charge in [-0.1, -0.05) is 18.9 Å². The number of fused-ring (bicyclic) bond motifs is 1. The topological polar surface area (TPSA) is 44.4 Å². The minimum absolute atomic E-state index is 0.0515. The van der Waals surface area contributed by atoms with Crippen LogP contribution in [0.3, 0.4) is 0 Å². The first kappa shape index (κ1) is 13.4. The zero-order chi connectivity index (χ0) is 13.8. The lowest BCUT2D eigenvalue weighted by molar-refractivity contribution is 0.214. The van der Waals surface area contributed by atoms with Crippen molar-refractivity contribution in [2.75, 3.05) is 25.0 Å². The van der Waals surface area contributed by atoms with E-state index in [0.717, 1.165) is 51.1 Å². The molecule has 1 aromatic rings. The number of carbonyl (C=O) groups is 1. The highest BCUT2D eigenvalue weighted by atomic mass is 16.2. The Kier molecular flexibility index (Phi) is 4.21. The number of rotatable bonds is 1. The van der Waals surface area contributed by atoms with Gasteiger partial charge in [0.25, 0.3) is 0 Å². The highest BCUT2D eigenvalue weighted by molar-refractivity contribution is 5.89. The number of benzene rings is 1. The molecule has 108 valence electrons. The maximum Gasteiger partial charge on any atom is 0.321 e. The molecular weight excluding hydrogens is 250 g/mol. The Morgan fingerprint density at radius 1 is 1.10 bits per heavy atom. The molecule has 0 aliphatic carbocycles. The lowest BCUT2D eigenvalue weighted by atomic mass is 10.0. The maximum absolute atomic E-state index is 12.3. The summed E-state index contributed by atoms with van der Waals surface area (Å²) >= 11 is 0. The summed E-state index contributed by atoms with van der Waals surface area (Å²) in [5, 5.41) is 6.42. The summed E-state index contributed by atoms with van der Waals surface area (Å²) in [6, 6.07) is 6.33. The van der Waals surface area contributed by atoms with Gasteiger partial charge in [0.1, 0.15) is 0 Å². The molecular formula is C16H23N3O. The number of hydrogen-bond donors (Lipinski definition) is 2. The van der Waals surface area contributed by atoms with Crippen LogP contribution in [0.1, 0.15) is 36.8 Å². The normalized spacial score (nSPS) is 19.1. The molecule has 0 bridgehead atoms. The van der Waals surface area contributed by atoms with E-state index in [0.29, 0.717) is 0 Å². The second-order valence-corrected chi connectivity index (χ2v) is 5.74. The predicted octanol–water partition coefficient (Wildman–Crippen LogP) is 2.74. The molecule has 0 unspecified atom stereocenters. The standard InChI is InChI=1S/C16H23N3O/c20-16(19-9-3-1-2-4-10-19)18-15-6-5-13-7-8-17-12-14(13)11-15/h5-6,11,17H,1-4,7-10,12H2,(H,18,20). The Hall–Kier alpha value is -1.55. The zero-order valence-corrected chi connectivity index (χ0v) is 12.0. The number of likely N-dealkylation sites (tertiary alicyclic amines) is 1. The third kappa shape index (κ3) is 3.12. The number of amides is 2. The van der Waals surface area contributed by atoms with E-state index >= 15 is 0 Å². The van der Waals surface area contributed by atoms with Crippen LogP contribution in [0.4, 0.5) is 10.5 Å². The van der Waals surface area contributed by atoms with E-state index in [1.54, 1.807) is 0 Å². The lowest BCUT2D eigenvalue weighted by Crippen LogP contribution is -2.35. The molecule has 3 rings (SSSR count). The van der Waals surface area contributed by atoms with Gasteiger partial charge in [0.15, 0.2) is 0 Å². The average molecular weight is 273 g/mol. The molecule has 1 saturated heterocycles. The largest absolute Gasteiger partial charge is 0.325 e. The molecule has 2 aliphatic rings. The Balaban J connectivity index is 1.66. The molecule has 1 fully saturated rings. The van der Waals surface area contributed by atoms with Crippen molar-refractivity contribution < 1.29 is 4.79 Å². The predicted molar refractivity (Wildman–Crippen MR) is 80.9 cm³/mol. The van der Waals surface area contributed by atoms with Crippen LogP contribution in [0, 0.1) is 0 Å². The molecule has 0 radical (unpaired) electrons. The van der Waals surface area contributed by atoms with E-state index in [2.05, 4.69) is 22.8 Å². The number of anilines is 1. The molecule has 4 nitrogen and oxygen atoms in total. The molecule has 2 heterocycles. The second kappa shape index (κ2) is 6.27. The highest BCUT2D eigenvalue weighted by Gasteiger charge is 2.16. The van der Waals surface area contributed by atoms with Crippen molar-refractivity contribution in [3.8, 4) is 0 Å². The number of nitrogens with zero attached hydrogens (tertiary/aromatic N) is 1. The van der Waals surface area contributed by atoms with Crippen LogP contribution in [0.5, 0.6) is 0 Å². The van der Waals surface area contributed by atoms with E-state index in [-0.39, 0.29) is 6.03 Å². The van der Waals surface area contributed by atoms with Gasteiger partial charge in [-0.15, -0.1) is 0 Å². The zero-order valence-electron chi connectivity index (χ0n) is 12.0. The maximum atomic E-state index is 12.3. The van der Waals surface area contributed by atoms with Crippen molar-refractivity contribution in [1.29, 1.82) is 0 Å². The fourth-order valence-corrected chi connectivity index (χ4v) is 3.03. The third-order valence-electron chi connectivity index (χ3n) is 4.24. The fraction of sp³-hybridized carbons (Fsp3) is 0.562. The molecule has 2 aliphatic heterocycles. The van der Waals surface area contributed by atoms with Crippen LogP contribution in [-0.2, 0) is 13.0 Å². The molecule has 0 spiro atoms. The lowest BCUT2D eigenvalue weighted by Gasteiger charge is -2.22. The van der Waals surface area contributed by atoms with Crippen LogP contribution in [-0.4, -0.2) is 30.6 Å². The first-order valence-corrected chi connectivity index (χ1v) is 7.71. The van der Waals surface area contributed by atoms with E-state index < -0.39 is 0 Å². The number of carbonyl (C=O) groups excluding carboxylic acids is 1. The van der Waals surface area contributed by atoms with Gasteiger partial charge in [0.2, 0.25) is 0 Å². The van der Waals surface area contributed by atoms with Gasteiger partial charge in [-0.05, 0) is 49.1 Å². The number of nitrogens with one attached hydrogen (secondary N) is 2. The summed E-state index contributed by atoms with van der Waals surface area (Å²) in [7, 11) is 0. The van der Waals surface area contributed by atoms with E-state index in [1.807, 2.05) is 11.0 Å². The Labute approximate surface area is 120 Å². The van der Waals surface area contributed by atoms with Gasteiger partial charge in [0, 0.05) is 25.3 Å². The highest BCUT2D eigenvalue weighted by Crippen LogP contribution is 2.20. The van der Waals surface area contributed by atoms with Crippen LogP contribution in [0.15, 0.2) is 18.2 Å². The molecule has 0 aromatic heterocycles. The quantitative estimate of drug-likeness (QED) is 0.826. The Morgan fingerprint density at radius 3 is 2.70 bits per heavy atom. The smallest absolute Gasteiger partial charge is 0.321 e. The van der Waals surface area contributed by atoms with Crippen molar-refractivity contribution in [1.82, 2.24) is 10.2 Å². The Morgan fingerprint density at radius 2 is 1.90 bits per heavy atom. The summed E-state index contributed by atoms with van der Waals surface area (Å²) in [5.74, 6) is 0. The van der Waals surface area contributed by atoms with Crippen molar-refractivity contribution in [3.63, 3.8) is 0 Å². The monoisotopic (exact) mass is 273 g/mol. The summed E-state index contributed by atoms with van der Waals surface area (Å²) in [6.07, 6.45) is 5.82. The van der Waals surface area contributed by atoms with E-state index in [9.17, 15) is 4.79 Å². The molecule has 4 heteroatoms. The molecule has 20 heavy (non-hydrogen) atoms. The summed E-state index contributed by atoms with van der Waals surface area (Å²) in [5.41, 5.74) is 3.63. The van der Waals surface area contributed by atoms with Gasteiger partial charge in [0.05, 0.1) is 0 Å². The minimum atomic E-state index is 0.0515. The van der Waals surface area contributed by atoms with Crippen LogP contribution < -0.4 is 10.6 Å². The molecule has 2 N–H and O–H groups in total. The van der Waals surface area contributed by atoms with E-state index in [1.165, 1.54) is 24.0 Å². The first-order chi connectivity index (χ1) is 9.83. The molecule has 1 aromatic carbocycles. The van der Waals surface area contributed by atoms with Crippen LogP contribution in [0.25, 0.3) is 0 Å². The van der Waals surface area contributed by atoms with Gasteiger partial charge in [-0.3, -0.25) is 0 Å². The summed E-state index contributed by atoms with van der Waals surface area (Å²) in [6.45, 7) is 3.73. The van der Waals surface area contributed by atoms with Gasteiger partial charge in [-0.25, -0.2) is 4.79 Å². The SMILES string of the molecule is O=C(Nc1ccc2c(c1)CNCC2)N1CCCCCC1. The fourth-order valence-electron chi connectivity index (χ4n) is 3.03. The molecule has 0 saturated carbocycles.